The van der Waals surface area contributed by atoms with Crippen LogP contribution in [-0.2, 0) is 0 Å². The number of guanidine groups is 1. The van der Waals surface area contributed by atoms with Crippen molar-refractivity contribution < 1.29 is 0 Å². The van der Waals surface area contributed by atoms with Crippen molar-refractivity contribution in [3.8, 4) is 0 Å². The van der Waals surface area contributed by atoms with E-state index in [0.29, 0.717) is 10.7 Å². The molecule has 0 amide bonds. The molecule has 0 saturated heterocycles. The normalized spacial score (nSPS) is 11.5. The van der Waals surface area contributed by atoms with Crippen LogP contribution in [0.3, 0.4) is 0 Å². The number of aryl methyl sites for hydroxylation is 1. The lowest BCUT2D eigenvalue weighted by atomic mass is 10.2. The molecule has 0 heterocycles. The van der Waals surface area contributed by atoms with E-state index < -0.39 is 0 Å². The highest BCUT2D eigenvalue weighted by atomic mass is 35.5. The van der Waals surface area contributed by atoms with E-state index >= 15 is 0 Å². The number of benzene rings is 1. The molecule has 0 atom stereocenters. The molecular weight excluding hydrogens is 188 g/mol. The van der Waals surface area contributed by atoms with E-state index in [1.54, 1.807) is 6.07 Å². The summed E-state index contributed by atoms with van der Waals surface area (Å²) in [6, 6.07) is 5.40. The van der Waals surface area contributed by atoms with E-state index in [0.717, 1.165) is 5.56 Å². The Bertz CT molecular complexity index is 335. The summed E-state index contributed by atoms with van der Waals surface area (Å²) in [5.74, 6) is 5.20. The third kappa shape index (κ3) is 2.61. The molecule has 0 saturated carbocycles. The van der Waals surface area contributed by atoms with Crippen molar-refractivity contribution in [3.05, 3.63) is 28.8 Å². The lowest BCUT2D eigenvalue weighted by Crippen LogP contribution is -2.36. The van der Waals surface area contributed by atoms with Crippen LogP contribution in [-0.4, -0.2) is 5.96 Å². The average molecular weight is 199 g/mol. The minimum atomic E-state index is 0.153. The molecule has 70 valence electrons. The van der Waals surface area contributed by atoms with Gasteiger partial charge in [0, 0.05) is 5.02 Å². The van der Waals surface area contributed by atoms with Gasteiger partial charge in [-0.1, -0.05) is 17.7 Å². The predicted molar refractivity (Wildman–Crippen MR) is 54.8 cm³/mol. The first kappa shape index (κ1) is 9.83. The van der Waals surface area contributed by atoms with Gasteiger partial charge in [0.2, 0.25) is 5.96 Å². The van der Waals surface area contributed by atoms with Crippen LogP contribution in [0.25, 0.3) is 0 Å². The molecule has 1 rings (SSSR count). The summed E-state index contributed by atoms with van der Waals surface area (Å²) in [6.45, 7) is 1.92. The Kier molecular flexibility index (Phi) is 3.11. The van der Waals surface area contributed by atoms with Crippen LogP contribution >= 0.6 is 11.6 Å². The molecule has 13 heavy (non-hydrogen) atoms. The van der Waals surface area contributed by atoms with Gasteiger partial charge in [0.05, 0.1) is 5.69 Å². The number of nitrogens with two attached hydrogens (primary N) is 2. The summed E-state index contributed by atoms with van der Waals surface area (Å²) in [5, 5.41) is 0.658. The summed E-state index contributed by atoms with van der Waals surface area (Å²) < 4.78 is 0. The van der Waals surface area contributed by atoms with Gasteiger partial charge in [-0.15, -0.1) is 0 Å². The van der Waals surface area contributed by atoms with Crippen LogP contribution in [0.2, 0.25) is 5.02 Å². The topological polar surface area (TPSA) is 76.4 Å². The zero-order chi connectivity index (χ0) is 9.84. The number of hydrazine groups is 1. The van der Waals surface area contributed by atoms with Gasteiger partial charge in [-0.2, -0.15) is 0 Å². The Morgan fingerprint density at radius 3 is 2.77 bits per heavy atom. The number of halogens is 1. The zero-order valence-electron chi connectivity index (χ0n) is 7.21. The Labute approximate surface area is 81.6 Å². The Hall–Kier alpha value is -1.26. The van der Waals surface area contributed by atoms with Gasteiger partial charge >= 0.3 is 0 Å². The van der Waals surface area contributed by atoms with Crippen LogP contribution in [0.4, 0.5) is 5.69 Å². The van der Waals surface area contributed by atoms with Crippen LogP contribution in [0, 0.1) is 6.92 Å². The number of hydrogen-bond donors (Lipinski definition) is 3. The van der Waals surface area contributed by atoms with Crippen LogP contribution in [0.15, 0.2) is 23.2 Å². The van der Waals surface area contributed by atoms with Crippen molar-refractivity contribution in [2.75, 3.05) is 0 Å². The van der Waals surface area contributed by atoms with Gasteiger partial charge < -0.3 is 5.73 Å². The maximum absolute atomic E-state index is 5.88. The molecule has 0 aliphatic heterocycles. The molecule has 0 aliphatic carbocycles. The van der Waals surface area contributed by atoms with Gasteiger partial charge in [-0.05, 0) is 24.6 Å². The molecule has 1 aromatic carbocycles. The highest BCUT2D eigenvalue weighted by Crippen LogP contribution is 2.21. The zero-order valence-corrected chi connectivity index (χ0v) is 7.97. The SMILES string of the molecule is Cc1ccc(N=C(N)NN)cc1Cl. The van der Waals surface area contributed by atoms with Gasteiger partial charge in [-0.3, -0.25) is 5.43 Å². The van der Waals surface area contributed by atoms with E-state index in [1.807, 2.05) is 19.1 Å². The molecule has 0 aliphatic rings. The fourth-order valence-electron chi connectivity index (χ4n) is 0.823. The molecule has 5 N–H and O–H groups in total. The van der Waals surface area contributed by atoms with E-state index in [-0.39, 0.29) is 5.96 Å². The smallest absolute Gasteiger partial charge is 0.208 e. The minimum absolute atomic E-state index is 0.153. The van der Waals surface area contributed by atoms with Crippen molar-refractivity contribution in [2.24, 2.45) is 16.6 Å². The highest BCUT2D eigenvalue weighted by Gasteiger charge is 1.96. The maximum Gasteiger partial charge on any atom is 0.208 e. The van der Waals surface area contributed by atoms with E-state index in [4.69, 9.17) is 23.2 Å². The second-order valence-electron chi connectivity index (χ2n) is 2.57. The van der Waals surface area contributed by atoms with Gasteiger partial charge in [-0.25, -0.2) is 10.8 Å². The monoisotopic (exact) mass is 198 g/mol. The van der Waals surface area contributed by atoms with E-state index in [1.165, 1.54) is 0 Å². The molecule has 0 radical (unpaired) electrons. The first-order chi connectivity index (χ1) is 6.13. The number of aliphatic imine (C=N–C) groups is 1. The van der Waals surface area contributed by atoms with Crippen molar-refractivity contribution >= 4 is 23.2 Å². The molecule has 0 aromatic heterocycles. The first-order valence-electron chi connectivity index (χ1n) is 3.70. The molecule has 0 fully saturated rings. The molecule has 1 aromatic rings. The largest absolute Gasteiger partial charge is 0.369 e. The van der Waals surface area contributed by atoms with Gasteiger partial charge in [0.25, 0.3) is 0 Å². The van der Waals surface area contributed by atoms with Gasteiger partial charge in [0.15, 0.2) is 0 Å². The lowest BCUT2D eigenvalue weighted by molar-refractivity contribution is 1.01. The predicted octanol–water partition coefficient (Wildman–Crippen LogP) is 1.06. The van der Waals surface area contributed by atoms with E-state index in [9.17, 15) is 0 Å². The number of nitrogens with one attached hydrogen (secondary N) is 1. The quantitative estimate of drug-likeness (QED) is 0.273. The standard InChI is InChI=1S/C8H11ClN4/c1-5-2-3-6(4-7(5)9)12-8(10)13-11/h2-4H,11H2,1H3,(H3,10,12,13). The highest BCUT2D eigenvalue weighted by molar-refractivity contribution is 6.31. The summed E-state index contributed by atoms with van der Waals surface area (Å²) in [7, 11) is 0. The molecule has 5 heteroatoms. The van der Waals surface area contributed by atoms with Crippen LogP contribution in [0.5, 0.6) is 0 Å². The molecule has 0 bridgehead atoms. The molecular formula is C8H11ClN4. The second kappa shape index (κ2) is 4.11. The van der Waals surface area contributed by atoms with Crippen LogP contribution < -0.4 is 17.0 Å². The number of rotatable bonds is 1. The second-order valence-corrected chi connectivity index (χ2v) is 2.98. The molecule has 4 nitrogen and oxygen atoms in total. The van der Waals surface area contributed by atoms with Crippen molar-refractivity contribution in [3.63, 3.8) is 0 Å². The van der Waals surface area contributed by atoms with Crippen molar-refractivity contribution in [2.45, 2.75) is 6.92 Å². The number of hydrogen-bond acceptors (Lipinski definition) is 2. The maximum atomic E-state index is 5.88. The summed E-state index contributed by atoms with van der Waals surface area (Å²) in [4.78, 5) is 3.95. The summed E-state index contributed by atoms with van der Waals surface area (Å²) in [5.41, 5.74) is 9.27. The summed E-state index contributed by atoms with van der Waals surface area (Å²) in [6.07, 6.45) is 0. The molecule has 0 unspecified atom stereocenters. The first-order valence-corrected chi connectivity index (χ1v) is 4.08. The summed E-state index contributed by atoms with van der Waals surface area (Å²) >= 11 is 5.88. The fraction of sp³-hybridized carbons (Fsp3) is 0.125. The third-order valence-electron chi connectivity index (χ3n) is 1.55. The Morgan fingerprint density at radius 2 is 2.23 bits per heavy atom. The Morgan fingerprint density at radius 1 is 1.54 bits per heavy atom. The van der Waals surface area contributed by atoms with Crippen molar-refractivity contribution in [1.82, 2.24) is 5.43 Å². The van der Waals surface area contributed by atoms with Crippen LogP contribution in [0.1, 0.15) is 5.56 Å². The van der Waals surface area contributed by atoms with Crippen molar-refractivity contribution in [1.29, 1.82) is 0 Å². The van der Waals surface area contributed by atoms with Gasteiger partial charge in [0.1, 0.15) is 0 Å². The Balaban J connectivity index is 2.98. The van der Waals surface area contributed by atoms with E-state index in [2.05, 4.69) is 10.4 Å². The lowest BCUT2D eigenvalue weighted by Gasteiger charge is -2.00. The fourth-order valence-corrected chi connectivity index (χ4v) is 0.997. The third-order valence-corrected chi connectivity index (χ3v) is 1.96. The average Bonchev–Trinajstić information content (AvgIpc) is 2.11. The number of nitrogens with zero attached hydrogens (tertiary/aromatic N) is 1. The minimum Gasteiger partial charge on any atom is -0.369 e. The molecule has 0 spiro atoms.